The van der Waals surface area contributed by atoms with Gasteiger partial charge < -0.3 is 24.4 Å². The van der Waals surface area contributed by atoms with E-state index in [1.165, 1.54) is 20.3 Å². The molecule has 0 saturated carbocycles. The molecule has 1 heterocycles. The smallest absolute Gasteiger partial charge is 0.309 e. The predicted molar refractivity (Wildman–Crippen MR) is 127 cm³/mol. The number of carboxylic acids is 1. The normalized spacial score (nSPS) is 13.6. The Bertz CT molecular complexity index is 1080. The maximum Gasteiger partial charge on any atom is 0.309 e. The average molecular weight is 467 g/mol. The fraction of sp³-hybridized carbons (Fsp3) is 0.346. The van der Waals surface area contributed by atoms with E-state index in [0.717, 1.165) is 16.7 Å². The summed E-state index contributed by atoms with van der Waals surface area (Å²) in [4.78, 5) is 24.9. The number of carbonyl (C=O) groups is 2. The molecule has 0 aliphatic heterocycles. The van der Waals surface area contributed by atoms with Crippen LogP contribution < -0.4 is 10.1 Å². The lowest BCUT2D eigenvalue weighted by Crippen LogP contribution is -2.43. The van der Waals surface area contributed by atoms with E-state index < -0.39 is 23.3 Å². The summed E-state index contributed by atoms with van der Waals surface area (Å²) in [5, 5.41) is 16.5. The molecule has 0 unspecified atom stereocenters. The van der Waals surface area contributed by atoms with Gasteiger partial charge in [0.1, 0.15) is 0 Å². The average Bonchev–Trinajstić information content (AvgIpc) is 3.33. The number of hydrogen-bond donors (Lipinski definition) is 2. The number of aliphatic carboxylic acids is 1. The van der Waals surface area contributed by atoms with Crippen molar-refractivity contribution in [2.45, 2.75) is 32.2 Å². The lowest BCUT2D eigenvalue weighted by molar-refractivity contribution is -0.149. The molecule has 34 heavy (non-hydrogen) atoms. The molecule has 0 aliphatic carbocycles. The third kappa shape index (κ3) is 6.45. The van der Waals surface area contributed by atoms with Gasteiger partial charge in [0.05, 0.1) is 18.6 Å². The van der Waals surface area contributed by atoms with Crippen LogP contribution in [0, 0.1) is 5.41 Å². The number of ether oxygens (including phenoxy) is 2. The van der Waals surface area contributed by atoms with Crippen molar-refractivity contribution >= 4 is 11.9 Å². The Kier molecular flexibility index (Phi) is 8.43. The number of nitrogens with zero attached hydrogens (tertiary/aromatic N) is 1. The second kappa shape index (κ2) is 11.5. The fourth-order valence-electron chi connectivity index (χ4n) is 3.81. The van der Waals surface area contributed by atoms with E-state index in [2.05, 4.69) is 10.5 Å². The summed E-state index contributed by atoms with van der Waals surface area (Å²) >= 11 is 0. The van der Waals surface area contributed by atoms with Gasteiger partial charge in [0.25, 0.3) is 11.8 Å². The Morgan fingerprint density at radius 1 is 1.09 bits per heavy atom. The van der Waals surface area contributed by atoms with Crippen LogP contribution in [0.25, 0.3) is 11.1 Å². The molecule has 1 aromatic heterocycles. The molecule has 8 heteroatoms. The zero-order chi connectivity index (χ0) is 24.6. The number of rotatable bonds is 12. The lowest BCUT2D eigenvalue weighted by atomic mass is 9.79. The minimum atomic E-state index is -1.09. The number of nitrogens with one attached hydrogen (secondary N) is 1. The Hall–Kier alpha value is -3.65. The first-order valence-electron chi connectivity index (χ1n) is 11.0. The predicted octanol–water partition coefficient (Wildman–Crippen LogP) is 4.21. The van der Waals surface area contributed by atoms with Crippen LogP contribution in [-0.2, 0) is 16.0 Å². The number of hydrogen-bond acceptors (Lipinski definition) is 6. The topological polar surface area (TPSA) is 111 Å². The number of aromatic nitrogens is 1. The van der Waals surface area contributed by atoms with Crippen molar-refractivity contribution in [2.24, 2.45) is 5.41 Å². The van der Waals surface area contributed by atoms with Crippen LogP contribution >= 0.6 is 0 Å². The van der Waals surface area contributed by atoms with Crippen LogP contribution in [0.5, 0.6) is 5.88 Å². The van der Waals surface area contributed by atoms with Crippen LogP contribution in [0.4, 0.5) is 0 Å². The molecular weight excluding hydrogens is 436 g/mol. The van der Waals surface area contributed by atoms with Gasteiger partial charge in [-0.3, -0.25) is 9.59 Å². The summed E-state index contributed by atoms with van der Waals surface area (Å²) in [6.07, 6.45) is 0.972. The summed E-state index contributed by atoms with van der Waals surface area (Å²) in [6.45, 7) is 1.97. The maximum atomic E-state index is 12.8. The molecule has 0 bridgehead atoms. The van der Waals surface area contributed by atoms with Gasteiger partial charge in [0.15, 0.2) is 0 Å². The van der Waals surface area contributed by atoms with E-state index in [4.69, 9.17) is 14.0 Å². The van der Waals surface area contributed by atoms with Crippen molar-refractivity contribution in [3.05, 3.63) is 72.0 Å². The van der Waals surface area contributed by atoms with Crippen LogP contribution in [0.2, 0.25) is 0 Å². The molecule has 1 amide bonds. The lowest BCUT2D eigenvalue weighted by Gasteiger charge is -2.30. The van der Waals surface area contributed by atoms with Crippen molar-refractivity contribution in [3.8, 4) is 17.0 Å². The summed E-state index contributed by atoms with van der Waals surface area (Å²) in [5.74, 6) is -1.24. The summed E-state index contributed by atoms with van der Waals surface area (Å²) in [5.41, 5.74) is 2.07. The van der Waals surface area contributed by atoms with E-state index in [1.807, 2.05) is 54.6 Å². The third-order valence-electron chi connectivity index (χ3n) is 5.87. The van der Waals surface area contributed by atoms with E-state index in [0.29, 0.717) is 19.4 Å². The molecule has 0 aliphatic rings. The monoisotopic (exact) mass is 466 g/mol. The van der Waals surface area contributed by atoms with E-state index >= 15 is 0 Å². The Labute approximate surface area is 198 Å². The minimum absolute atomic E-state index is 0.00445. The fourth-order valence-corrected chi connectivity index (χ4v) is 3.81. The third-order valence-corrected chi connectivity index (χ3v) is 5.87. The van der Waals surface area contributed by atoms with Gasteiger partial charge in [-0.15, -0.1) is 0 Å². The van der Waals surface area contributed by atoms with Gasteiger partial charge in [-0.2, -0.15) is 0 Å². The van der Waals surface area contributed by atoms with Crippen molar-refractivity contribution in [1.29, 1.82) is 0 Å². The van der Waals surface area contributed by atoms with Crippen LogP contribution in [0.15, 0.2) is 65.2 Å². The molecule has 2 atom stereocenters. The van der Waals surface area contributed by atoms with Gasteiger partial charge in [0, 0.05) is 19.8 Å². The minimum Gasteiger partial charge on any atom is -0.481 e. The van der Waals surface area contributed by atoms with Crippen molar-refractivity contribution in [1.82, 2.24) is 10.5 Å². The van der Waals surface area contributed by atoms with Gasteiger partial charge >= 0.3 is 5.97 Å². The quantitative estimate of drug-likeness (QED) is 0.411. The highest BCUT2D eigenvalue weighted by atomic mass is 16.5. The largest absolute Gasteiger partial charge is 0.481 e. The van der Waals surface area contributed by atoms with Crippen LogP contribution in [-0.4, -0.2) is 49.0 Å². The Balaban J connectivity index is 1.81. The van der Waals surface area contributed by atoms with Crippen LogP contribution in [0.1, 0.15) is 35.9 Å². The van der Waals surface area contributed by atoms with Gasteiger partial charge in [-0.05, 0) is 48.0 Å². The first kappa shape index (κ1) is 25.0. The standard InChI is InChI=1S/C26H30N2O6/c1-26(25(30)31,13-14-32-2)17-21(27-24(29)22-16-23(33-3)28-34-22)15-18-9-11-20(12-10-18)19-7-5-4-6-8-19/h4-12,16,21H,13-15,17H2,1-3H3,(H,27,29)(H,30,31)/t21-,26-/m1/s1. The number of amides is 1. The molecule has 180 valence electrons. The Morgan fingerprint density at radius 3 is 2.35 bits per heavy atom. The zero-order valence-corrected chi connectivity index (χ0v) is 19.6. The van der Waals surface area contributed by atoms with Gasteiger partial charge in [-0.25, -0.2) is 0 Å². The molecule has 3 rings (SSSR count). The van der Waals surface area contributed by atoms with E-state index in [1.54, 1.807) is 6.92 Å². The van der Waals surface area contributed by atoms with Crippen molar-refractivity contribution < 1.29 is 28.7 Å². The highest BCUT2D eigenvalue weighted by Crippen LogP contribution is 2.30. The molecule has 8 nitrogen and oxygen atoms in total. The number of carbonyl (C=O) groups excluding carboxylic acids is 1. The SMILES string of the molecule is COCC[C@](C)(C[C@@H](Cc1ccc(-c2ccccc2)cc1)NC(=O)c1cc(OC)no1)C(=O)O. The molecule has 0 saturated heterocycles. The Morgan fingerprint density at radius 2 is 1.76 bits per heavy atom. The highest BCUT2D eigenvalue weighted by Gasteiger charge is 2.36. The van der Waals surface area contributed by atoms with Crippen molar-refractivity contribution in [3.63, 3.8) is 0 Å². The van der Waals surface area contributed by atoms with Gasteiger partial charge in [0.2, 0.25) is 5.76 Å². The molecule has 0 spiro atoms. The summed E-state index contributed by atoms with van der Waals surface area (Å²) in [7, 11) is 2.96. The molecule has 2 aromatic carbocycles. The van der Waals surface area contributed by atoms with E-state index in [9.17, 15) is 14.7 Å². The molecular formula is C26H30N2O6. The van der Waals surface area contributed by atoms with Gasteiger partial charge in [-0.1, -0.05) is 54.6 Å². The second-order valence-corrected chi connectivity index (χ2v) is 8.48. The first-order chi connectivity index (χ1) is 16.3. The molecule has 2 N–H and O–H groups in total. The first-order valence-corrected chi connectivity index (χ1v) is 11.0. The van der Waals surface area contributed by atoms with Crippen molar-refractivity contribution in [2.75, 3.05) is 20.8 Å². The summed E-state index contributed by atoms with van der Waals surface area (Å²) < 4.78 is 15.1. The van der Waals surface area contributed by atoms with E-state index in [-0.39, 0.29) is 18.1 Å². The maximum absolute atomic E-state index is 12.8. The molecule has 0 radical (unpaired) electrons. The highest BCUT2D eigenvalue weighted by molar-refractivity contribution is 5.91. The molecule has 0 fully saturated rings. The van der Waals surface area contributed by atoms with Crippen LogP contribution in [0.3, 0.4) is 0 Å². The summed E-state index contributed by atoms with van der Waals surface area (Å²) in [6, 6.07) is 19.0. The number of carboxylic acid groups (broad SMARTS) is 1. The number of methoxy groups -OCH3 is 2. The second-order valence-electron chi connectivity index (χ2n) is 8.48. The number of benzene rings is 2. The molecule has 3 aromatic rings. The zero-order valence-electron chi connectivity index (χ0n) is 19.6.